The highest BCUT2D eigenvalue weighted by Gasteiger charge is 2.08. The van der Waals surface area contributed by atoms with Crippen molar-refractivity contribution in [2.45, 2.75) is 39.8 Å². The fourth-order valence-electron chi connectivity index (χ4n) is 1.68. The van der Waals surface area contributed by atoms with Crippen LogP contribution in [-0.2, 0) is 4.79 Å². The highest BCUT2D eigenvalue weighted by molar-refractivity contribution is 5.78. The van der Waals surface area contributed by atoms with E-state index in [4.69, 9.17) is 0 Å². The van der Waals surface area contributed by atoms with E-state index >= 15 is 0 Å². The zero-order valence-electron chi connectivity index (χ0n) is 11.1. The Balaban J connectivity index is 2.44. The quantitative estimate of drug-likeness (QED) is 0.820. The Hall–Kier alpha value is -1.35. The predicted octanol–water partition coefficient (Wildman–Crippen LogP) is 2.17. The van der Waals surface area contributed by atoms with E-state index in [2.05, 4.69) is 42.7 Å². The highest BCUT2D eigenvalue weighted by atomic mass is 16.1. The molecule has 94 valence electrons. The molecule has 0 spiro atoms. The number of nitrogens with one attached hydrogen (secondary N) is 2. The summed E-state index contributed by atoms with van der Waals surface area (Å²) in [5.74, 6) is 0.0412. The van der Waals surface area contributed by atoms with Crippen molar-refractivity contribution in [3.05, 3.63) is 35.4 Å². The van der Waals surface area contributed by atoms with Crippen molar-refractivity contribution in [2.75, 3.05) is 6.54 Å². The minimum atomic E-state index is 0.0412. The van der Waals surface area contributed by atoms with Crippen LogP contribution >= 0.6 is 0 Å². The molecule has 0 fully saturated rings. The molecule has 0 aromatic heterocycles. The first-order chi connectivity index (χ1) is 7.99. The number of hydrogen-bond donors (Lipinski definition) is 2. The number of carbonyl (C=O) groups excluding carboxylic acids is 1. The SMILES string of the molecule is Cc1cccc(C(C)NCC(=O)NC(C)C)c1. The second-order valence-electron chi connectivity index (χ2n) is 4.74. The van der Waals surface area contributed by atoms with Gasteiger partial charge in [0.1, 0.15) is 0 Å². The Labute approximate surface area is 104 Å². The van der Waals surface area contributed by atoms with Gasteiger partial charge in [0.25, 0.3) is 0 Å². The Bertz CT molecular complexity index is 374. The molecule has 1 unspecified atom stereocenters. The van der Waals surface area contributed by atoms with E-state index in [-0.39, 0.29) is 18.0 Å². The van der Waals surface area contributed by atoms with Crippen LogP contribution in [0.1, 0.15) is 37.9 Å². The van der Waals surface area contributed by atoms with Crippen LogP contribution in [-0.4, -0.2) is 18.5 Å². The van der Waals surface area contributed by atoms with E-state index in [1.54, 1.807) is 0 Å². The maximum absolute atomic E-state index is 11.5. The van der Waals surface area contributed by atoms with Crippen LogP contribution in [0.25, 0.3) is 0 Å². The normalized spacial score (nSPS) is 12.5. The molecule has 0 saturated heterocycles. The maximum Gasteiger partial charge on any atom is 0.234 e. The smallest absolute Gasteiger partial charge is 0.234 e. The van der Waals surface area contributed by atoms with Gasteiger partial charge in [0.15, 0.2) is 0 Å². The minimum absolute atomic E-state index is 0.0412. The van der Waals surface area contributed by atoms with Crippen molar-refractivity contribution in [3.63, 3.8) is 0 Å². The van der Waals surface area contributed by atoms with E-state index in [1.165, 1.54) is 11.1 Å². The zero-order valence-corrected chi connectivity index (χ0v) is 11.1. The first kappa shape index (κ1) is 13.7. The molecule has 0 radical (unpaired) electrons. The van der Waals surface area contributed by atoms with E-state index in [0.29, 0.717) is 6.54 Å². The minimum Gasteiger partial charge on any atom is -0.353 e. The van der Waals surface area contributed by atoms with Crippen LogP contribution in [0.5, 0.6) is 0 Å². The molecule has 0 bridgehead atoms. The second kappa shape index (κ2) is 6.40. The van der Waals surface area contributed by atoms with E-state index in [1.807, 2.05) is 19.9 Å². The van der Waals surface area contributed by atoms with Crippen LogP contribution < -0.4 is 10.6 Å². The molecule has 3 nitrogen and oxygen atoms in total. The van der Waals surface area contributed by atoms with Crippen LogP contribution in [0.15, 0.2) is 24.3 Å². The van der Waals surface area contributed by atoms with E-state index in [9.17, 15) is 4.79 Å². The molecular weight excluding hydrogens is 212 g/mol. The van der Waals surface area contributed by atoms with Crippen LogP contribution in [0, 0.1) is 6.92 Å². The molecule has 1 rings (SSSR count). The third-order valence-corrected chi connectivity index (χ3v) is 2.56. The fourth-order valence-corrected chi connectivity index (χ4v) is 1.68. The monoisotopic (exact) mass is 234 g/mol. The molecular formula is C14H22N2O. The average molecular weight is 234 g/mol. The fraction of sp³-hybridized carbons (Fsp3) is 0.500. The number of aryl methyl sites for hydroxylation is 1. The Morgan fingerprint density at radius 3 is 2.59 bits per heavy atom. The van der Waals surface area contributed by atoms with Gasteiger partial charge in [-0.05, 0) is 33.3 Å². The molecule has 0 heterocycles. The number of benzene rings is 1. The molecule has 3 heteroatoms. The lowest BCUT2D eigenvalue weighted by Crippen LogP contribution is -2.38. The third kappa shape index (κ3) is 5.00. The van der Waals surface area contributed by atoms with Crippen LogP contribution in [0.4, 0.5) is 0 Å². The molecule has 0 aliphatic heterocycles. The standard InChI is InChI=1S/C14H22N2O/c1-10(2)16-14(17)9-15-12(4)13-7-5-6-11(3)8-13/h5-8,10,12,15H,9H2,1-4H3,(H,16,17). The Morgan fingerprint density at radius 1 is 1.29 bits per heavy atom. The van der Waals surface area contributed by atoms with Gasteiger partial charge in [-0.25, -0.2) is 0 Å². The van der Waals surface area contributed by atoms with E-state index < -0.39 is 0 Å². The van der Waals surface area contributed by atoms with Crippen molar-refractivity contribution in [2.24, 2.45) is 0 Å². The summed E-state index contributed by atoms with van der Waals surface area (Å²) in [6.45, 7) is 8.41. The Morgan fingerprint density at radius 2 is 2.00 bits per heavy atom. The van der Waals surface area contributed by atoms with Crippen molar-refractivity contribution in [1.29, 1.82) is 0 Å². The van der Waals surface area contributed by atoms with Gasteiger partial charge in [-0.15, -0.1) is 0 Å². The van der Waals surface area contributed by atoms with Gasteiger partial charge in [-0.3, -0.25) is 4.79 Å². The van der Waals surface area contributed by atoms with Gasteiger partial charge >= 0.3 is 0 Å². The summed E-state index contributed by atoms with van der Waals surface area (Å²) in [5.41, 5.74) is 2.45. The lowest BCUT2D eigenvalue weighted by Gasteiger charge is -2.15. The van der Waals surface area contributed by atoms with Crippen molar-refractivity contribution in [1.82, 2.24) is 10.6 Å². The second-order valence-corrected chi connectivity index (χ2v) is 4.74. The summed E-state index contributed by atoms with van der Waals surface area (Å²) in [5, 5.41) is 6.08. The average Bonchev–Trinajstić information content (AvgIpc) is 2.25. The van der Waals surface area contributed by atoms with Gasteiger partial charge in [0, 0.05) is 12.1 Å². The summed E-state index contributed by atoms with van der Waals surface area (Å²) >= 11 is 0. The topological polar surface area (TPSA) is 41.1 Å². The molecule has 0 saturated carbocycles. The van der Waals surface area contributed by atoms with Crippen molar-refractivity contribution in [3.8, 4) is 0 Å². The van der Waals surface area contributed by atoms with Crippen molar-refractivity contribution >= 4 is 5.91 Å². The van der Waals surface area contributed by atoms with Crippen molar-refractivity contribution < 1.29 is 4.79 Å². The number of amides is 1. The molecule has 1 aromatic carbocycles. The van der Waals surface area contributed by atoms with Gasteiger partial charge < -0.3 is 10.6 Å². The molecule has 2 N–H and O–H groups in total. The first-order valence-corrected chi connectivity index (χ1v) is 6.08. The summed E-state index contributed by atoms with van der Waals surface area (Å²) < 4.78 is 0. The molecule has 17 heavy (non-hydrogen) atoms. The molecule has 1 aromatic rings. The lowest BCUT2D eigenvalue weighted by atomic mass is 10.1. The summed E-state index contributed by atoms with van der Waals surface area (Å²) in [7, 11) is 0. The number of hydrogen-bond acceptors (Lipinski definition) is 2. The predicted molar refractivity (Wildman–Crippen MR) is 70.9 cm³/mol. The summed E-state index contributed by atoms with van der Waals surface area (Å²) in [6.07, 6.45) is 0. The molecule has 1 atom stereocenters. The molecule has 0 aliphatic carbocycles. The van der Waals surface area contributed by atoms with Gasteiger partial charge in [0.05, 0.1) is 6.54 Å². The largest absolute Gasteiger partial charge is 0.353 e. The number of carbonyl (C=O) groups is 1. The van der Waals surface area contributed by atoms with E-state index in [0.717, 1.165) is 0 Å². The van der Waals surface area contributed by atoms with Crippen LogP contribution in [0.3, 0.4) is 0 Å². The van der Waals surface area contributed by atoms with Crippen LogP contribution in [0.2, 0.25) is 0 Å². The molecule has 0 aliphatic rings. The van der Waals surface area contributed by atoms with Gasteiger partial charge in [-0.2, -0.15) is 0 Å². The maximum atomic E-state index is 11.5. The van der Waals surface area contributed by atoms with Gasteiger partial charge in [0.2, 0.25) is 5.91 Å². The summed E-state index contributed by atoms with van der Waals surface area (Å²) in [6, 6.07) is 8.70. The number of rotatable bonds is 5. The van der Waals surface area contributed by atoms with Gasteiger partial charge in [-0.1, -0.05) is 29.8 Å². The third-order valence-electron chi connectivity index (χ3n) is 2.56. The summed E-state index contributed by atoms with van der Waals surface area (Å²) in [4.78, 5) is 11.5. The molecule has 1 amide bonds. The Kier molecular flexibility index (Phi) is 5.16. The zero-order chi connectivity index (χ0) is 12.8. The highest BCUT2D eigenvalue weighted by Crippen LogP contribution is 2.13. The lowest BCUT2D eigenvalue weighted by molar-refractivity contribution is -0.120. The first-order valence-electron chi connectivity index (χ1n) is 6.08.